The van der Waals surface area contributed by atoms with Crippen LogP contribution in [-0.4, -0.2) is 33.4 Å². The fourth-order valence-electron chi connectivity index (χ4n) is 2.09. The molecule has 0 saturated carbocycles. The Morgan fingerprint density at radius 1 is 1.53 bits per heavy atom. The summed E-state index contributed by atoms with van der Waals surface area (Å²) in [6.07, 6.45) is 4.84. The number of imidazole rings is 1. The van der Waals surface area contributed by atoms with Crippen molar-refractivity contribution in [3.05, 3.63) is 18.2 Å². The Balaban J connectivity index is 2.47. The summed E-state index contributed by atoms with van der Waals surface area (Å²) < 4.78 is 1.92. The van der Waals surface area contributed by atoms with Crippen molar-refractivity contribution in [2.24, 2.45) is 18.2 Å². The van der Waals surface area contributed by atoms with Crippen LogP contribution in [0.4, 0.5) is 0 Å². The van der Waals surface area contributed by atoms with Crippen molar-refractivity contribution in [2.45, 2.75) is 46.2 Å². The van der Waals surface area contributed by atoms with Gasteiger partial charge in [0.15, 0.2) is 0 Å². The van der Waals surface area contributed by atoms with Crippen LogP contribution >= 0.6 is 0 Å². The van der Waals surface area contributed by atoms with Crippen LogP contribution in [0.15, 0.2) is 12.4 Å². The zero-order chi connectivity index (χ0) is 14.6. The molecule has 0 radical (unpaired) electrons. The highest BCUT2D eigenvalue weighted by molar-refractivity contribution is 5.76. The number of aryl methyl sites for hydroxylation is 1. The van der Waals surface area contributed by atoms with Gasteiger partial charge in [-0.15, -0.1) is 0 Å². The molecular formula is C14H26N4O. The maximum absolute atomic E-state index is 12.1. The van der Waals surface area contributed by atoms with E-state index in [0.717, 1.165) is 12.2 Å². The molecule has 0 bridgehead atoms. The van der Waals surface area contributed by atoms with E-state index >= 15 is 0 Å². The molecule has 2 N–H and O–H groups in total. The summed E-state index contributed by atoms with van der Waals surface area (Å²) in [5.41, 5.74) is 6.18. The van der Waals surface area contributed by atoms with Crippen LogP contribution in [0.1, 0.15) is 39.4 Å². The Morgan fingerprint density at radius 2 is 2.16 bits per heavy atom. The summed E-state index contributed by atoms with van der Waals surface area (Å²) in [6, 6.07) is -0.0867. The first-order valence-electron chi connectivity index (χ1n) is 6.65. The van der Waals surface area contributed by atoms with Gasteiger partial charge in [0.2, 0.25) is 5.91 Å². The van der Waals surface area contributed by atoms with E-state index in [0.29, 0.717) is 13.0 Å². The number of nitrogens with zero attached hydrogens (tertiary/aromatic N) is 3. The van der Waals surface area contributed by atoms with E-state index in [-0.39, 0.29) is 17.4 Å². The topological polar surface area (TPSA) is 64.2 Å². The van der Waals surface area contributed by atoms with Crippen LogP contribution < -0.4 is 5.73 Å². The van der Waals surface area contributed by atoms with E-state index in [1.165, 1.54) is 0 Å². The maximum atomic E-state index is 12.1. The highest BCUT2D eigenvalue weighted by atomic mass is 16.2. The largest absolute Gasteiger partial charge is 0.338 e. The minimum atomic E-state index is -0.0867. The predicted molar refractivity (Wildman–Crippen MR) is 76.3 cm³/mol. The van der Waals surface area contributed by atoms with Crippen molar-refractivity contribution in [1.82, 2.24) is 14.5 Å². The molecule has 19 heavy (non-hydrogen) atoms. The quantitative estimate of drug-likeness (QED) is 0.879. The summed E-state index contributed by atoms with van der Waals surface area (Å²) in [5.74, 6) is 0.944. The van der Waals surface area contributed by atoms with Gasteiger partial charge in [0.1, 0.15) is 5.82 Å². The van der Waals surface area contributed by atoms with E-state index in [2.05, 4.69) is 25.8 Å². The van der Waals surface area contributed by atoms with E-state index in [4.69, 9.17) is 5.73 Å². The first-order valence-corrected chi connectivity index (χ1v) is 6.65. The minimum Gasteiger partial charge on any atom is -0.338 e. The molecule has 0 aliphatic rings. The molecule has 5 heteroatoms. The molecule has 1 aromatic heterocycles. The maximum Gasteiger partial charge on any atom is 0.224 e. The molecule has 1 amide bonds. The fraction of sp³-hybridized carbons (Fsp3) is 0.714. The second-order valence-electron chi connectivity index (χ2n) is 6.43. The second-order valence-corrected chi connectivity index (χ2v) is 6.43. The summed E-state index contributed by atoms with van der Waals surface area (Å²) in [7, 11) is 3.72. The van der Waals surface area contributed by atoms with Gasteiger partial charge in [-0.2, -0.15) is 0 Å². The first kappa shape index (κ1) is 15.7. The molecule has 1 atom stereocenters. The zero-order valence-corrected chi connectivity index (χ0v) is 12.7. The van der Waals surface area contributed by atoms with Gasteiger partial charge in [-0.25, -0.2) is 4.98 Å². The van der Waals surface area contributed by atoms with Gasteiger partial charge in [-0.3, -0.25) is 4.79 Å². The van der Waals surface area contributed by atoms with E-state index < -0.39 is 0 Å². The monoisotopic (exact) mass is 266 g/mol. The van der Waals surface area contributed by atoms with Gasteiger partial charge in [0, 0.05) is 39.0 Å². The molecule has 0 fully saturated rings. The van der Waals surface area contributed by atoms with Crippen LogP contribution in [0, 0.1) is 5.41 Å². The van der Waals surface area contributed by atoms with Gasteiger partial charge < -0.3 is 15.2 Å². The lowest BCUT2D eigenvalue weighted by atomic mass is 9.87. The molecule has 5 nitrogen and oxygen atoms in total. The average molecular weight is 266 g/mol. The Labute approximate surface area is 115 Å². The highest BCUT2D eigenvalue weighted by Gasteiger charge is 2.20. The molecule has 0 aliphatic carbocycles. The summed E-state index contributed by atoms with van der Waals surface area (Å²) in [4.78, 5) is 18.0. The molecule has 1 aromatic rings. The number of nitrogens with two attached hydrogens (primary N) is 1. The van der Waals surface area contributed by atoms with Crippen LogP contribution in [-0.2, 0) is 18.4 Å². The SMILES string of the molecule is CN(Cc1nccn1C)C(=O)CC(N)CC(C)(C)C. The van der Waals surface area contributed by atoms with E-state index in [1.54, 1.807) is 18.1 Å². The zero-order valence-electron chi connectivity index (χ0n) is 12.7. The molecular weight excluding hydrogens is 240 g/mol. The van der Waals surface area contributed by atoms with Gasteiger partial charge in [0.25, 0.3) is 0 Å². The molecule has 0 spiro atoms. The third-order valence-corrected chi connectivity index (χ3v) is 3.04. The first-order chi connectivity index (χ1) is 8.69. The Morgan fingerprint density at radius 3 is 2.63 bits per heavy atom. The van der Waals surface area contributed by atoms with Crippen molar-refractivity contribution in [3.63, 3.8) is 0 Å². The Kier molecular flexibility index (Phi) is 5.11. The van der Waals surface area contributed by atoms with Crippen molar-refractivity contribution >= 4 is 5.91 Å². The molecule has 0 aromatic carbocycles. The van der Waals surface area contributed by atoms with Gasteiger partial charge in [-0.1, -0.05) is 20.8 Å². The van der Waals surface area contributed by atoms with Gasteiger partial charge >= 0.3 is 0 Å². The van der Waals surface area contributed by atoms with Crippen LogP contribution in [0.25, 0.3) is 0 Å². The number of amides is 1. The lowest BCUT2D eigenvalue weighted by Crippen LogP contribution is -2.35. The lowest BCUT2D eigenvalue weighted by Gasteiger charge is -2.24. The molecule has 108 valence electrons. The number of aromatic nitrogens is 2. The van der Waals surface area contributed by atoms with E-state index in [1.807, 2.05) is 17.8 Å². The Hall–Kier alpha value is -1.36. The van der Waals surface area contributed by atoms with Crippen molar-refractivity contribution in [1.29, 1.82) is 0 Å². The summed E-state index contributed by atoms with van der Waals surface area (Å²) >= 11 is 0. The average Bonchev–Trinajstić information content (AvgIpc) is 2.61. The Bertz CT molecular complexity index is 419. The van der Waals surface area contributed by atoms with Crippen molar-refractivity contribution in [2.75, 3.05) is 7.05 Å². The van der Waals surface area contributed by atoms with Crippen LogP contribution in [0.2, 0.25) is 0 Å². The number of rotatable bonds is 5. The third kappa shape index (κ3) is 5.42. The van der Waals surface area contributed by atoms with Gasteiger partial charge in [-0.05, 0) is 11.8 Å². The molecule has 1 rings (SSSR count). The normalized spacial score (nSPS) is 13.4. The highest BCUT2D eigenvalue weighted by Crippen LogP contribution is 2.21. The smallest absolute Gasteiger partial charge is 0.224 e. The standard InChI is InChI=1S/C14H26N4O/c1-14(2,3)9-11(15)8-13(19)18(5)10-12-16-6-7-17(12)4/h6-7,11H,8-10,15H2,1-5H3. The fourth-order valence-corrected chi connectivity index (χ4v) is 2.09. The predicted octanol–water partition coefficient (Wildman–Crippen LogP) is 1.53. The number of hydrogen-bond acceptors (Lipinski definition) is 3. The van der Waals surface area contributed by atoms with Crippen LogP contribution in [0.3, 0.4) is 0 Å². The molecule has 0 saturated heterocycles. The third-order valence-electron chi connectivity index (χ3n) is 3.04. The van der Waals surface area contributed by atoms with E-state index in [9.17, 15) is 4.79 Å². The number of carbonyl (C=O) groups excluding carboxylic acids is 1. The summed E-state index contributed by atoms with van der Waals surface area (Å²) in [6.45, 7) is 6.92. The number of hydrogen-bond donors (Lipinski definition) is 1. The second kappa shape index (κ2) is 6.19. The van der Waals surface area contributed by atoms with Crippen LogP contribution in [0.5, 0.6) is 0 Å². The minimum absolute atomic E-state index is 0.0692. The molecule has 0 aliphatic heterocycles. The van der Waals surface area contributed by atoms with Crippen molar-refractivity contribution in [3.8, 4) is 0 Å². The van der Waals surface area contributed by atoms with Crippen molar-refractivity contribution < 1.29 is 4.79 Å². The lowest BCUT2D eigenvalue weighted by molar-refractivity contribution is -0.131. The number of carbonyl (C=O) groups is 1. The van der Waals surface area contributed by atoms with Gasteiger partial charge in [0.05, 0.1) is 6.54 Å². The molecule has 1 heterocycles. The summed E-state index contributed by atoms with van der Waals surface area (Å²) in [5, 5.41) is 0. The molecule has 1 unspecified atom stereocenters.